The fourth-order valence-electron chi connectivity index (χ4n) is 2.04. The highest BCUT2D eigenvalue weighted by atomic mass is 127. The first-order valence-electron chi connectivity index (χ1n) is 6.60. The van der Waals surface area contributed by atoms with Gasteiger partial charge in [0.1, 0.15) is 5.69 Å². The van der Waals surface area contributed by atoms with Gasteiger partial charge in [0.25, 0.3) is 0 Å². The lowest BCUT2D eigenvalue weighted by molar-refractivity contribution is 0.382. The van der Waals surface area contributed by atoms with E-state index in [0.29, 0.717) is 5.88 Å². The maximum atomic E-state index is 5.34. The monoisotopic (exact) mass is 383 g/mol. The molecule has 0 bridgehead atoms. The molecule has 1 heterocycles. The van der Waals surface area contributed by atoms with Crippen molar-refractivity contribution in [3.8, 4) is 5.88 Å². The molecule has 0 spiro atoms. The molecule has 1 atom stereocenters. The average molecular weight is 383 g/mol. The third-order valence-electron chi connectivity index (χ3n) is 2.94. The Morgan fingerprint density at radius 2 is 2.10 bits per heavy atom. The predicted octanol–water partition coefficient (Wildman–Crippen LogP) is 3.18. The smallest absolute Gasteiger partial charge is 0.237 e. The van der Waals surface area contributed by atoms with Gasteiger partial charge >= 0.3 is 0 Å². The van der Waals surface area contributed by atoms with Crippen LogP contribution in [-0.2, 0) is 0 Å². The van der Waals surface area contributed by atoms with Gasteiger partial charge in [0.15, 0.2) is 0 Å². The molecule has 1 aromatic carbocycles. The number of halogens is 1. The van der Waals surface area contributed by atoms with Crippen LogP contribution >= 0.6 is 22.6 Å². The fraction of sp³-hybridized carbons (Fsp3) is 0.333. The number of nitrogens with zero attached hydrogens (tertiary/aromatic N) is 2. The second-order valence-electron chi connectivity index (χ2n) is 4.39. The maximum absolute atomic E-state index is 5.34. The van der Waals surface area contributed by atoms with E-state index >= 15 is 0 Å². The molecule has 0 aliphatic carbocycles. The number of hydrogen-bond acceptors (Lipinski definition) is 4. The molecule has 106 valence electrons. The van der Waals surface area contributed by atoms with Crippen molar-refractivity contribution < 1.29 is 4.74 Å². The Bertz CT molecular complexity index is 562. The minimum absolute atomic E-state index is 0.00619. The zero-order valence-electron chi connectivity index (χ0n) is 11.6. The van der Waals surface area contributed by atoms with E-state index in [1.54, 1.807) is 19.5 Å². The zero-order chi connectivity index (χ0) is 14.4. The zero-order valence-corrected chi connectivity index (χ0v) is 13.8. The van der Waals surface area contributed by atoms with Crippen LogP contribution in [0.25, 0.3) is 0 Å². The molecular weight excluding hydrogens is 365 g/mol. The Morgan fingerprint density at radius 3 is 2.80 bits per heavy atom. The summed E-state index contributed by atoms with van der Waals surface area (Å²) in [6, 6.07) is 8.38. The lowest BCUT2D eigenvalue weighted by atomic mass is 10.0. The molecule has 1 unspecified atom stereocenters. The molecular formula is C15H18IN3O. The molecule has 0 radical (unpaired) electrons. The highest BCUT2D eigenvalue weighted by Gasteiger charge is 2.20. The van der Waals surface area contributed by atoms with E-state index in [1.807, 2.05) is 0 Å². The van der Waals surface area contributed by atoms with Crippen molar-refractivity contribution in [3.63, 3.8) is 0 Å². The molecule has 0 aliphatic heterocycles. The van der Waals surface area contributed by atoms with E-state index in [1.165, 1.54) is 9.13 Å². The van der Waals surface area contributed by atoms with Crippen molar-refractivity contribution in [2.75, 3.05) is 13.7 Å². The van der Waals surface area contributed by atoms with Crippen molar-refractivity contribution in [1.82, 2.24) is 15.3 Å². The largest absolute Gasteiger partial charge is 0.480 e. The Kier molecular flexibility index (Phi) is 5.72. The minimum Gasteiger partial charge on any atom is -0.480 e. The van der Waals surface area contributed by atoms with Gasteiger partial charge in [0, 0.05) is 16.0 Å². The highest BCUT2D eigenvalue weighted by molar-refractivity contribution is 14.1. The van der Waals surface area contributed by atoms with E-state index in [2.05, 4.69) is 69.1 Å². The van der Waals surface area contributed by atoms with Gasteiger partial charge in [0.05, 0.1) is 13.2 Å². The molecule has 2 rings (SSSR count). The lowest BCUT2D eigenvalue weighted by Gasteiger charge is -2.20. The van der Waals surface area contributed by atoms with Crippen molar-refractivity contribution in [2.24, 2.45) is 0 Å². The Hall–Kier alpha value is -1.21. The summed E-state index contributed by atoms with van der Waals surface area (Å²) in [5.41, 5.74) is 2.00. The predicted molar refractivity (Wildman–Crippen MR) is 87.9 cm³/mol. The first-order chi connectivity index (χ1) is 9.76. The summed E-state index contributed by atoms with van der Waals surface area (Å²) in [6.07, 6.45) is 4.41. The summed E-state index contributed by atoms with van der Waals surface area (Å²) in [6.45, 7) is 3.06. The van der Waals surface area contributed by atoms with Crippen LogP contribution in [0.1, 0.15) is 30.6 Å². The summed E-state index contributed by atoms with van der Waals surface area (Å²) in [7, 11) is 1.62. The first-order valence-corrected chi connectivity index (χ1v) is 7.68. The topological polar surface area (TPSA) is 47.0 Å². The number of methoxy groups -OCH3 is 1. The molecule has 0 amide bonds. The van der Waals surface area contributed by atoms with Crippen LogP contribution in [-0.4, -0.2) is 23.6 Å². The van der Waals surface area contributed by atoms with Crippen molar-refractivity contribution in [2.45, 2.75) is 19.4 Å². The molecule has 20 heavy (non-hydrogen) atoms. The van der Waals surface area contributed by atoms with E-state index in [4.69, 9.17) is 4.74 Å². The molecule has 0 aliphatic rings. The van der Waals surface area contributed by atoms with Gasteiger partial charge in [-0.1, -0.05) is 19.1 Å². The molecule has 0 fully saturated rings. The second kappa shape index (κ2) is 7.54. The number of aromatic nitrogens is 2. The van der Waals surface area contributed by atoms with Crippen LogP contribution in [0.15, 0.2) is 36.7 Å². The van der Waals surface area contributed by atoms with Gasteiger partial charge in [-0.2, -0.15) is 0 Å². The summed E-state index contributed by atoms with van der Waals surface area (Å²) in [5, 5.41) is 3.52. The number of benzene rings is 1. The van der Waals surface area contributed by atoms with Crippen molar-refractivity contribution in [1.29, 1.82) is 0 Å². The molecule has 0 saturated carbocycles. The molecule has 2 aromatic rings. The summed E-state index contributed by atoms with van der Waals surface area (Å²) in [5.74, 6) is 0.569. The van der Waals surface area contributed by atoms with Gasteiger partial charge in [0.2, 0.25) is 5.88 Å². The van der Waals surface area contributed by atoms with Crippen LogP contribution < -0.4 is 10.1 Å². The Labute approximate surface area is 133 Å². The van der Waals surface area contributed by atoms with Gasteiger partial charge in [-0.3, -0.25) is 4.98 Å². The quantitative estimate of drug-likeness (QED) is 0.779. The normalized spacial score (nSPS) is 12.2. The van der Waals surface area contributed by atoms with Crippen molar-refractivity contribution in [3.05, 3.63) is 51.5 Å². The van der Waals surface area contributed by atoms with Gasteiger partial charge in [-0.15, -0.1) is 0 Å². The van der Waals surface area contributed by atoms with E-state index in [-0.39, 0.29) is 6.04 Å². The van der Waals surface area contributed by atoms with Gasteiger partial charge in [-0.05, 0) is 53.3 Å². The number of hydrogen-bond donors (Lipinski definition) is 1. The molecule has 4 nitrogen and oxygen atoms in total. The number of ether oxygens (including phenoxy) is 1. The van der Waals surface area contributed by atoms with Crippen LogP contribution in [0.4, 0.5) is 0 Å². The van der Waals surface area contributed by atoms with E-state index in [9.17, 15) is 0 Å². The lowest BCUT2D eigenvalue weighted by Crippen LogP contribution is -2.25. The third-order valence-corrected chi connectivity index (χ3v) is 3.61. The average Bonchev–Trinajstić information content (AvgIpc) is 2.48. The SMILES string of the molecule is CCCNC(c1cccc(I)c1)c1nccnc1OC. The van der Waals surface area contributed by atoms with E-state index in [0.717, 1.165) is 18.7 Å². The first kappa shape index (κ1) is 15.2. The summed E-state index contributed by atoms with van der Waals surface area (Å²) in [4.78, 5) is 8.70. The van der Waals surface area contributed by atoms with Crippen LogP contribution in [0, 0.1) is 3.57 Å². The summed E-state index contributed by atoms with van der Waals surface area (Å²) >= 11 is 2.32. The third kappa shape index (κ3) is 3.67. The molecule has 1 N–H and O–H groups in total. The molecule has 1 aromatic heterocycles. The molecule has 0 saturated heterocycles. The van der Waals surface area contributed by atoms with Gasteiger partial charge < -0.3 is 10.1 Å². The molecule has 5 heteroatoms. The second-order valence-corrected chi connectivity index (χ2v) is 5.64. The Balaban J connectivity index is 2.41. The van der Waals surface area contributed by atoms with Crippen LogP contribution in [0.5, 0.6) is 5.88 Å². The van der Waals surface area contributed by atoms with Gasteiger partial charge in [-0.25, -0.2) is 4.98 Å². The number of nitrogens with one attached hydrogen (secondary N) is 1. The van der Waals surface area contributed by atoms with Crippen LogP contribution in [0.3, 0.4) is 0 Å². The Morgan fingerprint density at radius 1 is 1.30 bits per heavy atom. The van der Waals surface area contributed by atoms with E-state index < -0.39 is 0 Å². The minimum atomic E-state index is -0.00619. The van der Waals surface area contributed by atoms with Crippen LogP contribution in [0.2, 0.25) is 0 Å². The number of rotatable bonds is 6. The summed E-state index contributed by atoms with van der Waals surface area (Å²) < 4.78 is 6.54. The highest BCUT2D eigenvalue weighted by Crippen LogP contribution is 2.27. The standard InChI is InChI=1S/C15H18IN3O/c1-3-7-17-13(11-5-4-6-12(16)10-11)14-15(20-2)19-9-8-18-14/h4-6,8-10,13,17H,3,7H2,1-2H3. The fourth-order valence-corrected chi connectivity index (χ4v) is 2.61. The maximum Gasteiger partial charge on any atom is 0.237 e. The van der Waals surface area contributed by atoms with Crippen molar-refractivity contribution >= 4 is 22.6 Å².